The summed E-state index contributed by atoms with van der Waals surface area (Å²) < 4.78 is 0. The van der Waals surface area contributed by atoms with E-state index < -0.39 is 0 Å². The fourth-order valence-corrected chi connectivity index (χ4v) is 2.38. The smallest absolute Gasteiger partial charge is 0.0459 e. The fourth-order valence-electron chi connectivity index (χ4n) is 2.38. The maximum Gasteiger partial charge on any atom is 0.0459 e. The molecular weight excluding hydrogens is 208 g/mol. The number of fused-ring (bicyclic) bond motifs is 3. The van der Waals surface area contributed by atoms with Crippen molar-refractivity contribution in [1.82, 2.24) is 10.3 Å². The van der Waals surface area contributed by atoms with Crippen LogP contribution >= 0.6 is 12.4 Å². The zero-order valence-electron chi connectivity index (χ0n) is 8.71. The van der Waals surface area contributed by atoms with Crippen molar-refractivity contribution in [3.05, 3.63) is 35.5 Å². The van der Waals surface area contributed by atoms with E-state index in [1.165, 1.54) is 22.2 Å². The highest BCUT2D eigenvalue weighted by atomic mass is 35.5. The summed E-state index contributed by atoms with van der Waals surface area (Å²) in [6.07, 6.45) is 1.14. The maximum atomic E-state index is 3.50. The van der Waals surface area contributed by atoms with Gasteiger partial charge in [-0.1, -0.05) is 18.2 Å². The minimum Gasteiger partial charge on any atom is -0.357 e. The summed E-state index contributed by atoms with van der Waals surface area (Å²) in [5.74, 6) is 0. The van der Waals surface area contributed by atoms with Crippen LogP contribution in [-0.4, -0.2) is 11.5 Å². The van der Waals surface area contributed by atoms with Crippen LogP contribution in [0.2, 0.25) is 0 Å². The van der Waals surface area contributed by atoms with Crippen LogP contribution in [0.5, 0.6) is 0 Å². The summed E-state index contributed by atoms with van der Waals surface area (Å²) in [4.78, 5) is 3.50. The zero-order chi connectivity index (χ0) is 9.54. The first-order valence-corrected chi connectivity index (χ1v) is 5.19. The summed E-state index contributed by atoms with van der Waals surface area (Å²) in [5.41, 5.74) is 4.15. The lowest BCUT2D eigenvalue weighted by Gasteiger charge is -2.20. The Morgan fingerprint density at radius 2 is 2.07 bits per heavy atom. The first kappa shape index (κ1) is 10.5. The van der Waals surface area contributed by atoms with Crippen LogP contribution in [0.3, 0.4) is 0 Å². The molecule has 0 spiro atoms. The van der Waals surface area contributed by atoms with Gasteiger partial charge in [-0.25, -0.2) is 0 Å². The molecule has 1 aromatic carbocycles. The second-order valence-electron chi connectivity index (χ2n) is 3.99. The highest BCUT2D eigenvalue weighted by molar-refractivity contribution is 5.85. The quantitative estimate of drug-likeness (QED) is 0.705. The summed E-state index contributed by atoms with van der Waals surface area (Å²) >= 11 is 0. The lowest BCUT2D eigenvalue weighted by atomic mass is 10.0. The Hall–Kier alpha value is -0.990. The molecule has 1 atom stereocenters. The summed E-state index contributed by atoms with van der Waals surface area (Å²) in [6, 6.07) is 9.03. The van der Waals surface area contributed by atoms with E-state index in [-0.39, 0.29) is 12.4 Å². The van der Waals surface area contributed by atoms with E-state index in [0.29, 0.717) is 6.04 Å². The predicted molar refractivity (Wildman–Crippen MR) is 65.7 cm³/mol. The Bertz CT molecular complexity index is 475. The molecular formula is C12H15ClN2. The van der Waals surface area contributed by atoms with Gasteiger partial charge in [0.2, 0.25) is 0 Å². The Kier molecular flexibility index (Phi) is 2.72. The second kappa shape index (κ2) is 3.87. The van der Waals surface area contributed by atoms with Crippen LogP contribution in [0.15, 0.2) is 24.3 Å². The monoisotopic (exact) mass is 222 g/mol. The molecule has 3 heteroatoms. The molecule has 15 heavy (non-hydrogen) atoms. The molecule has 1 unspecified atom stereocenters. The molecule has 0 aliphatic carbocycles. The third-order valence-electron chi connectivity index (χ3n) is 3.11. The first-order valence-electron chi connectivity index (χ1n) is 5.19. The van der Waals surface area contributed by atoms with E-state index in [1.54, 1.807) is 0 Å². The van der Waals surface area contributed by atoms with Crippen molar-refractivity contribution < 1.29 is 0 Å². The van der Waals surface area contributed by atoms with E-state index in [4.69, 9.17) is 0 Å². The Balaban J connectivity index is 0.000000853. The van der Waals surface area contributed by atoms with E-state index in [9.17, 15) is 0 Å². The largest absolute Gasteiger partial charge is 0.357 e. The molecule has 0 saturated carbocycles. The van der Waals surface area contributed by atoms with Gasteiger partial charge in [-0.05, 0) is 31.5 Å². The van der Waals surface area contributed by atoms with Gasteiger partial charge in [0.25, 0.3) is 0 Å². The third-order valence-corrected chi connectivity index (χ3v) is 3.11. The van der Waals surface area contributed by atoms with Crippen LogP contribution in [0.4, 0.5) is 0 Å². The molecule has 0 bridgehead atoms. The van der Waals surface area contributed by atoms with Crippen LogP contribution < -0.4 is 5.32 Å². The number of benzene rings is 1. The average Bonchev–Trinajstić information content (AvgIpc) is 2.59. The van der Waals surface area contributed by atoms with Crippen LogP contribution in [0, 0.1) is 0 Å². The van der Waals surface area contributed by atoms with Crippen molar-refractivity contribution in [2.45, 2.75) is 19.4 Å². The van der Waals surface area contributed by atoms with Crippen molar-refractivity contribution in [3.63, 3.8) is 0 Å². The first-order chi connectivity index (χ1) is 6.86. The Labute approximate surface area is 95.5 Å². The van der Waals surface area contributed by atoms with Gasteiger partial charge in [-0.2, -0.15) is 0 Å². The van der Waals surface area contributed by atoms with E-state index in [1.807, 2.05) is 0 Å². The highest BCUT2D eigenvalue weighted by Gasteiger charge is 2.19. The van der Waals surface area contributed by atoms with Gasteiger partial charge in [0.1, 0.15) is 0 Å². The van der Waals surface area contributed by atoms with Gasteiger partial charge >= 0.3 is 0 Å². The highest BCUT2D eigenvalue weighted by Crippen LogP contribution is 2.29. The molecule has 1 aromatic heterocycles. The van der Waals surface area contributed by atoms with Gasteiger partial charge in [0.15, 0.2) is 0 Å². The third kappa shape index (κ3) is 1.54. The number of rotatable bonds is 0. The predicted octanol–water partition coefficient (Wildman–Crippen LogP) is 2.80. The number of nitrogens with one attached hydrogen (secondary N) is 2. The molecule has 0 saturated heterocycles. The lowest BCUT2D eigenvalue weighted by molar-refractivity contribution is 0.533. The number of hydrogen-bond donors (Lipinski definition) is 2. The molecule has 3 rings (SSSR count). The summed E-state index contributed by atoms with van der Waals surface area (Å²) in [6.45, 7) is 3.31. The molecule has 2 aromatic rings. The van der Waals surface area contributed by atoms with Crippen LogP contribution in [0.1, 0.15) is 24.2 Å². The SMILES string of the molecule is CC1NCCc2c1[nH]c1ccccc21.Cl. The van der Waals surface area contributed by atoms with Crippen molar-refractivity contribution >= 4 is 23.3 Å². The molecule has 0 amide bonds. The van der Waals surface area contributed by atoms with Gasteiger partial charge in [-0.15, -0.1) is 12.4 Å². The second-order valence-corrected chi connectivity index (χ2v) is 3.99. The molecule has 0 fully saturated rings. The molecule has 1 aliphatic rings. The van der Waals surface area contributed by atoms with Gasteiger partial charge in [0.05, 0.1) is 0 Å². The Morgan fingerprint density at radius 1 is 1.27 bits per heavy atom. The van der Waals surface area contributed by atoms with Gasteiger partial charge < -0.3 is 10.3 Å². The topological polar surface area (TPSA) is 27.8 Å². The summed E-state index contributed by atoms with van der Waals surface area (Å²) in [7, 11) is 0. The average molecular weight is 223 g/mol. The molecule has 2 N–H and O–H groups in total. The van der Waals surface area contributed by atoms with Crippen molar-refractivity contribution in [2.75, 3.05) is 6.54 Å². The minimum atomic E-state index is 0. The Morgan fingerprint density at radius 3 is 2.93 bits per heavy atom. The molecule has 80 valence electrons. The number of halogens is 1. The number of aromatic amines is 1. The van der Waals surface area contributed by atoms with Crippen LogP contribution in [0.25, 0.3) is 10.9 Å². The van der Waals surface area contributed by atoms with E-state index in [2.05, 4.69) is 41.5 Å². The zero-order valence-corrected chi connectivity index (χ0v) is 9.53. The number of hydrogen-bond acceptors (Lipinski definition) is 1. The molecule has 0 radical (unpaired) electrons. The summed E-state index contributed by atoms with van der Waals surface area (Å²) in [5, 5.41) is 4.87. The molecule has 2 heterocycles. The standard InChI is InChI=1S/C12H14N2.ClH/c1-8-12-10(6-7-13-8)9-4-2-3-5-11(9)14-12;/h2-5,8,13-14H,6-7H2,1H3;1H. The minimum absolute atomic E-state index is 0. The molecule has 1 aliphatic heterocycles. The normalized spacial score (nSPS) is 19.7. The van der Waals surface area contributed by atoms with Gasteiger partial charge in [0, 0.05) is 22.6 Å². The lowest BCUT2D eigenvalue weighted by Crippen LogP contribution is -2.27. The molecule has 2 nitrogen and oxygen atoms in total. The maximum absolute atomic E-state index is 3.50. The van der Waals surface area contributed by atoms with Crippen molar-refractivity contribution in [1.29, 1.82) is 0 Å². The van der Waals surface area contributed by atoms with Crippen molar-refractivity contribution in [2.24, 2.45) is 0 Å². The van der Waals surface area contributed by atoms with Gasteiger partial charge in [-0.3, -0.25) is 0 Å². The number of H-pyrrole nitrogens is 1. The number of para-hydroxylation sites is 1. The van der Waals surface area contributed by atoms with Crippen LogP contribution in [-0.2, 0) is 6.42 Å². The van der Waals surface area contributed by atoms with Crippen molar-refractivity contribution in [3.8, 4) is 0 Å². The fraction of sp³-hybridized carbons (Fsp3) is 0.333. The number of aromatic nitrogens is 1. The van der Waals surface area contributed by atoms with E-state index in [0.717, 1.165) is 13.0 Å². The van der Waals surface area contributed by atoms with E-state index >= 15 is 0 Å².